The molecule has 6 nitrogen and oxygen atoms in total. The number of aliphatic hydroxyl groups excluding tert-OH is 1. The summed E-state index contributed by atoms with van der Waals surface area (Å²) in [6.45, 7) is 1.93. The van der Waals surface area contributed by atoms with Gasteiger partial charge in [-0.1, -0.05) is 35.4 Å². The van der Waals surface area contributed by atoms with E-state index in [4.69, 9.17) is 21.1 Å². The van der Waals surface area contributed by atoms with Crippen LogP contribution in [-0.4, -0.2) is 31.0 Å². The third kappa shape index (κ3) is 4.05. The number of ether oxygens (including phenoxy) is 2. The first-order chi connectivity index (χ1) is 15.8. The highest BCUT2D eigenvalue weighted by Gasteiger charge is 2.47. The van der Waals surface area contributed by atoms with Crippen LogP contribution in [-0.2, 0) is 9.59 Å². The van der Waals surface area contributed by atoms with Crippen molar-refractivity contribution in [3.8, 4) is 11.5 Å². The van der Waals surface area contributed by atoms with E-state index < -0.39 is 17.7 Å². The second-order valence-corrected chi connectivity index (χ2v) is 8.06. The summed E-state index contributed by atoms with van der Waals surface area (Å²) >= 11 is 5.98. The van der Waals surface area contributed by atoms with Crippen LogP contribution in [0.2, 0.25) is 5.02 Å². The maximum atomic E-state index is 13.2. The largest absolute Gasteiger partial charge is 0.507 e. The molecule has 4 rings (SSSR count). The highest BCUT2D eigenvalue weighted by molar-refractivity contribution is 6.51. The van der Waals surface area contributed by atoms with E-state index >= 15 is 0 Å². The summed E-state index contributed by atoms with van der Waals surface area (Å²) in [6, 6.07) is 18.0. The number of halogens is 1. The van der Waals surface area contributed by atoms with Crippen molar-refractivity contribution in [2.45, 2.75) is 13.0 Å². The molecule has 0 aliphatic carbocycles. The van der Waals surface area contributed by atoms with Crippen molar-refractivity contribution in [1.82, 2.24) is 0 Å². The van der Waals surface area contributed by atoms with Gasteiger partial charge in [0.05, 0.1) is 25.8 Å². The number of hydrogen-bond donors (Lipinski definition) is 1. The van der Waals surface area contributed by atoms with Gasteiger partial charge in [0.1, 0.15) is 5.76 Å². The van der Waals surface area contributed by atoms with Gasteiger partial charge in [-0.25, -0.2) is 0 Å². The van der Waals surface area contributed by atoms with Gasteiger partial charge in [-0.15, -0.1) is 0 Å². The van der Waals surface area contributed by atoms with Crippen molar-refractivity contribution in [3.05, 3.63) is 94.0 Å². The number of aryl methyl sites for hydroxylation is 1. The zero-order valence-corrected chi connectivity index (χ0v) is 19.1. The van der Waals surface area contributed by atoms with Crippen molar-refractivity contribution in [3.63, 3.8) is 0 Å². The zero-order chi connectivity index (χ0) is 23.7. The Hall–Kier alpha value is -3.77. The maximum Gasteiger partial charge on any atom is 0.300 e. The van der Waals surface area contributed by atoms with Crippen LogP contribution in [0.4, 0.5) is 5.69 Å². The molecule has 1 aliphatic heterocycles. The van der Waals surface area contributed by atoms with E-state index in [1.54, 1.807) is 54.6 Å². The summed E-state index contributed by atoms with van der Waals surface area (Å²) in [4.78, 5) is 27.8. The van der Waals surface area contributed by atoms with E-state index in [-0.39, 0.29) is 11.3 Å². The fourth-order valence-corrected chi connectivity index (χ4v) is 4.03. The van der Waals surface area contributed by atoms with Gasteiger partial charge in [-0.2, -0.15) is 0 Å². The molecule has 0 spiro atoms. The Labute approximate surface area is 196 Å². The van der Waals surface area contributed by atoms with Crippen LogP contribution in [0.1, 0.15) is 22.7 Å². The van der Waals surface area contributed by atoms with E-state index in [1.807, 2.05) is 19.1 Å². The van der Waals surface area contributed by atoms with Crippen molar-refractivity contribution in [1.29, 1.82) is 0 Å². The highest BCUT2D eigenvalue weighted by atomic mass is 35.5. The number of benzene rings is 3. The highest BCUT2D eigenvalue weighted by Crippen LogP contribution is 2.44. The molecule has 1 aliphatic rings. The van der Waals surface area contributed by atoms with Crippen LogP contribution in [0.25, 0.3) is 5.76 Å². The Morgan fingerprint density at radius 2 is 1.55 bits per heavy atom. The molecule has 168 valence electrons. The monoisotopic (exact) mass is 463 g/mol. The van der Waals surface area contributed by atoms with Gasteiger partial charge < -0.3 is 14.6 Å². The lowest BCUT2D eigenvalue weighted by Crippen LogP contribution is -2.29. The quantitative estimate of drug-likeness (QED) is 0.316. The lowest BCUT2D eigenvalue weighted by atomic mass is 9.94. The molecule has 3 aromatic rings. The topological polar surface area (TPSA) is 76.1 Å². The first-order valence-electron chi connectivity index (χ1n) is 10.2. The van der Waals surface area contributed by atoms with Crippen molar-refractivity contribution >= 4 is 34.7 Å². The van der Waals surface area contributed by atoms with Crippen molar-refractivity contribution in [2.75, 3.05) is 19.1 Å². The summed E-state index contributed by atoms with van der Waals surface area (Å²) in [5.41, 5.74) is 2.50. The van der Waals surface area contributed by atoms with Gasteiger partial charge in [0.15, 0.2) is 11.5 Å². The van der Waals surface area contributed by atoms with Gasteiger partial charge in [0.25, 0.3) is 11.7 Å². The minimum absolute atomic E-state index is 0.0184. The second-order valence-electron chi connectivity index (χ2n) is 7.63. The molecule has 0 bridgehead atoms. The SMILES string of the molecule is COc1ccc([C@H]2C(=C(O)c3ccc(Cl)cc3)C(=O)C(=O)N2c2ccc(C)cc2)cc1OC. The van der Waals surface area contributed by atoms with Gasteiger partial charge in [-0.3, -0.25) is 14.5 Å². The molecule has 1 atom stereocenters. The Balaban J connectivity index is 1.96. The summed E-state index contributed by atoms with van der Waals surface area (Å²) in [7, 11) is 3.03. The second kappa shape index (κ2) is 9.00. The molecule has 33 heavy (non-hydrogen) atoms. The predicted octanol–water partition coefficient (Wildman–Crippen LogP) is 5.29. The van der Waals surface area contributed by atoms with E-state index in [9.17, 15) is 14.7 Å². The molecule has 1 fully saturated rings. The number of carbonyl (C=O) groups is 2. The molecule has 1 N–H and O–H groups in total. The number of nitrogens with zero attached hydrogens (tertiary/aromatic N) is 1. The fourth-order valence-electron chi connectivity index (χ4n) is 3.91. The summed E-state index contributed by atoms with van der Waals surface area (Å²) < 4.78 is 10.8. The molecule has 0 saturated carbocycles. The van der Waals surface area contributed by atoms with Crippen LogP contribution in [0.15, 0.2) is 72.3 Å². The van der Waals surface area contributed by atoms with Crippen molar-refractivity contribution in [2.24, 2.45) is 0 Å². The summed E-state index contributed by atoms with van der Waals surface area (Å²) in [5.74, 6) is -0.835. The number of anilines is 1. The molecule has 0 unspecified atom stereocenters. The lowest BCUT2D eigenvalue weighted by Gasteiger charge is -2.26. The minimum atomic E-state index is -0.872. The average Bonchev–Trinajstić information content (AvgIpc) is 3.09. The van der Waals surface area contributed by atoms with Crippen LogP contribution < -0.4 is 14.4 Å². The number of hydrogen-bond acceptors (Lipinski definition) is 5. The third-order valence-electron chi connectivity index (χ3n) is 5.60. The Morgan fingerprint density at radius 3 is 2.15 bits per heavy atom. The standard InChI is InChI=1S/C26H22ClNO5/c1-15-4-11-19(12-5-15)28-23(17-8-13-20(32-2)21(14-17)33-3)22(25(30)26(28)31)24(29)16-6-9-18(27)10-7-16/h4-14,23,29H,1-3H3/t23-/m0/s1. The smallest absolute Gasteiger partial charge is 0.300 e. The molecule has 1 saturated heterocycles. The normalized spacial score (nSPS) is 17.3. The van der Waals surface area contributed by atoms with Crippen molar-refractivity contribution < 1.29 is 24.2 Å². The Morgan fingerprint density at radius 1 is 0.909 bits per heavy atom. The van der Waals surface area contributed by atoms with Crippen LogP contribution in [0.3, 0.4) is 0 Å². The zero-order valence-electron chi connectivity index (χ0n) is 18.3. The van der Waals surface area contributed by atoms with E-state index in [0.717, 1.165) is 5.56 Å². The van der Waals surface area contributed by atoms with Gasteiger partial charge >= 0.3 is 0 Å². The third-order valence-corrected chi connectivity index (χ3v) is 5.85. The number of aliphatic hydroxyl groups is 1. The van der Waals surface area contributed by atoms with E-state index in [2.05, 4.69) is 0 Å². The number of Topliss-reactive ketones (excluding diaryl/α,β-unsaturated/α-hetero) is 1. The van der Waals surface area contributed by atoms with Crippen LogP contribution >= 0.6 is 11.6 Å². The molecule has 1 heterocycles. The molecule has 0 aromatic heterocycles. The number of methoxy groups -OCH3 is 2. The molecule has 0 radical (unpaired) electrons. The van der Waals surface area contributed by atoms with Crippen LogP contribution in [0.5, 0.6) is 11.5 Å². The summed E-state index contributed by atoms with van der Waals surface area (Å²) in [6.07, 6.45) is 0. The molecule has 7 heteroatoms. The average molecular weight is 464 g/mol. The first-order valence-corrected chi connectivity index (χ1v) is 10.6. The van der Waals surface area contributed by atoms with Gasteiger partial charge in [0, 0.05) is 16.3 Å². The van der Waals surface area contributed by atoms with Gasteiger partial charge in [-0.05, 0) is 61.0 Å². The Bertz CT molecular complexity index is 1250. The Kier molecular flexibility index (Phi) is 6.11. The lowest BCUT2D eigenvalue weighted by molar-refractivity contribution is -0.132. The molecular weight excluding hydrogens is 442 g/mol. The summed E-state index contributed by atoms with van der Waals surface area (Å²) in [5, 5.41) is 11.6. The fraction of sp³-hybridized carbons (Fsp3) is 0.154. The van der Waals surface area contributed by atoms with Gasteiger partial charge in [0.2, 0.25) is 0 Å². The van der Waals surface area contributed by atoms with Crippen LogP contribution in [0, 0.1) is 6.92 Å². The number of amides is 1. The van der Waals surface area contributed by atoms with E-state index in [0.29, 0.717) is 33.3 Å². The maximum absolute atomic E-state index is 13.2. The molecule has 1 amide bonds. The predicted molar refractivity (Wildman–Crippen MR) is 127 cm³/mol. The molecule has 3 aromatic carbocycles. The number of ketones is 1. The number of carbonyl (C=O) groups excluding carboxylic acids is 2. The first kappa shape index (κ1) is 22.4. The molecular formula is C26H22ClNO5. The van der Waals surface area contributed by atoms with E-state index in [1.165, 1.54) is 19.1 Å². The number of rotatable bonds is 5. The minimum Gasteiger partial charge on any atom is -0.507 e.